The number of hydrogen-bond donors (Lipinski definition) is 2. The van der Waals surface area contributed by atoms with Crippen LogP contribution in [0.3, 0.4) is 0 Å². The molecule has 0 bridgehead atoms. The molecule has 1 fully saturated rings. The molecule has 0 spiro atoms. The van der Waals surface area contributed by atoms with Crippen LogP contribution in [0, 0.1) is 12.8 Å². The molecule has 0 radical (unpaired) electrons. The van der Waals surface area contributed by atoms with Crippen LogP contribution in [0.15, 0.2) is 42.5 Å². The zero-order valence-corrected chi connectivity index (χ0v) is 17.2. The lowest BCUT2D eigenvalue weighted by Gasteiger charge is -2.31. The molecule has 0 unspecified atom stereocenters. The number of rotatable bonds is 3. The Hall–Kier alpha value is -3.15. The van der Waals surface area contributed by atoms with Crippen molar-refractivity contribution >= 4 is 29.1 Å². The maximum Gasteiger partial charge on any atom is 0.313 e. The molecule has 2 N–H and O–H groups in total. The van der Waals surface area contributed by atoms with E-state index in [0.29, 0.717) is 37.5 Å². The summed E-state index contributed by atoms with van der Waals surface area (Å²) in [6, 6.07) is 13.9. The number of benzene rings is 2. The highest BCUT2D eigenvalue weighted by Crippen LogP contribution is 2.26. The van der Waals surface area contributed by atoms with Crippen molar-refractivity contribution < 1.29 is 14.4 Å². The van der Waals surface area contributed by atoms with Crippen molar-refractivity contribution in [3.63, 3.8) is 0 Å². The van der Waals surface area contributed by atoms with Crippen LogP contribution in [-0.2, 0) is 27.2 Å². The largest absolute Gasteiger partial charge is 0.334 e. The number of piperidine rings is 1. The SMILES string of the molecule is Cc1ccc(CC2CCN(C(=O)C(=O)Nc3ccc4c(c3)CCC(=O)N4)CC2)cc1. The van der Waals surface area contributed by atoms with Crippen molar-refractivity contribution in [1.82, 2.24) is 4.90 Å². The summed E-state index contributed by atoms with van der Waals surface area (Å²) in [5.41, 5.74) is 4.90. The molecule has 3 amide bonds. The van der Waals surface area contributed by atoms with Crippen LogP contribution in [0.4, 0.5) is 11.4 Å². The fourth-order valence-electron chi connectivity index (χ4n) is 4.19. The summed E-state index contributed by atoms with van der Waals surface area (Å²) >= 11 is 0. The lowest BCUT2D eigenvalue weighted by atomic mass is 9.90. The fourth-order valence-corrected chi connectivity index (χ4v) is 4.19. The van der Waals surface area contributed by atoms with Gasteiger partial charge in [0.2, 0.25) is 5.91 Å². The molecular formula is C24H27N3O3. The summed E-state index contributed by atoms with van der Waals surface area (Å²) in [6.45, 7) is 3.30. The number of aryl methyl sites for hydroxylation is 2. The van der Waals surface area contributed by atoms with Gasteiger partial charge < -0.3 is 15.5 Å². The summed E-state index contributed by atoms with van der Waals surface area (Å²) in [7, 11) is 0. The van der Waals surface area contributed by atoms with E-state index in [1.165, 1.54) is 11.1 Å². The van der Waals surface area contributed by atoms with Gasteiger partial charge in [-0.3, -0.25) is 14.4 Å². The van der Waals surface area contributed by atoms with Gasteiger partial charge in [-0.25, -0.2) is 0 Å². The molecule has 6 nitrogen and oxygen atoms in total. The summed E-state index contributed by atoms with van der Waals surface area (Å²) < 4.78 is 0. The van der Waals surface area contributed by atoms with E-state index in [1.807, 2.05) is 6.07 Å². The van der Waals surface area contributed by atoms with Crippen LogP contribution in [0.25, 0.3) is 0 Å². The van der Waals surface area contributed by atoms with Crippen molar-refractivity contribution in [2.75, 3.05) is 23.7 Å². The van der Waals surface area contributed by atoms with Gasteiger partial charge in [0.15, 0.2) is 0 Å². The third kappa shape index (κ3) is 4.70. The predicted molar refractivity (Wildman–Crippen MR) is 116 cm³/mol. The third-order valence-electron chi connectivity index (χ3n) is 6.00. The van der Waals surface area contributed by atoms with Crippen LogP contribution in [0.5, 0.6) is 0 Å². The standard InChI is InChI=1S/C24H27N3O3/c1-16-2-4-17(5-3-16)14-18-10-12-27(13-11-18)24(30)23(29)25-20-7-8-21-19(15-20)6-9-22(28)26-21/h2-5,7-8,15,18H,6,9-14H2,1H3,(H,25,29)(H,26,28). The van der Waals surface area contributed by atoms with Gasteiger partial charge in [-0.05, 0) is 67.9 Å². The minimum absolute atomic E-state index is 0.000226. The van der Waals surface area contributed by atoms with Gasteiger partial charge in [0.05, 0.1) is 0 Å². The number of nitrogens with one attached hydrogen (secondary N) is 2. The Morgan fingerprint density at radius 1 is 1.07 bits per heavy atom. The van der Waals surface area contributed by atoms with Gasteiger partial charge in [0.1, 0.15) is 0 Å². The topological polar surface area (TPSA) is 78.5 Å². The average molecular weight is 405 g/mol. The van der Waals surface area contributed by atoms with E-state index in [1.54, 1.807) is 17.0 Å². The van der Waals surface area contributed by atoms with Crippen molar-refractivity contribution in [2.45, 2.75) is 39.0 Å². The molecule has 6 heteroatoms. The fraction of sp³-hybridized carbons (Fsp3) is 0.375. The number of likely N-dealkylation sites (tertiary alicyclic amines) is 1. The van der Waals surface area contributed by atoms with Crippen LogP contribution in [0.2, 0.25) is 0 Å². The van der Waals surface area contributed by atoms with Gasteiger partial charge in [-0.1, -0.05) is 29.8 Å². The van der Waals surface area contributed by atoms with Gasteiger partial charge in [-0.2, -0.15) is 0 Å². The van der Waals surface area contributed by atoms with Gasteiger partial charge >= 0.3 is 11.8 Å². The maximum absolute atomic E-state index is 12.6. The molecule has 30 heavy (non-hydrogen) atoms. The molecule has 156 valence electrons. The molecule has 4 rings (SSSR count). The van der Waals surface area contributed by atoms with Crippen LogP contribution in [-0.4, -0.2) is 35.7 Å². The Bertz CT molecular complexity index is 960. The van der Waals surface area contributed by atoms with E-state index >= 15 is 0 Å². The average Bonchev–Trinajstić information content (AvgIpc) is 2.75. The Balaban J connectivity index is 1.29. The van der Waals surface area contributed by atoms with Crippen molar-refractivity contribution in [3.8, 4) is 0 Å². The number of carbonyl (C=O) groups is 3. The number of nitrogens with zero attached hydrogens (tertiary/aromatic N) is 1. The predicted octanol–water partition coefficient (Wildman–Crippen LogP) is 3.30. The van der Waals surface area contributed by atoms with Crippen LogP contribution < -0.4 is 10.6 Å². The third-order valence-corrected chi connectivity index (χ3v) is 6.00. The Morgan fingerprint density at radius 2 is 1.80 bits per heavy atom. The first kappa shape index (κ1) is 20.1. The molecule has 2 aromatic rings. The van der Waals surface area contributed by atoms with E-state index < -0.39 is 11.8 Å². The highest BCUT2D eigenvalue weighted by atomic mass is 16.2. The second-order valence-corrected chi connectivity index (χ2v) is 8.30. The molecule has 0 atom stereocenters. The molecule has 2 heterocycles. The minimum Gasteiger partial charge on any atom is -0.334 e. The quantitative estimate of drug-likeness (QED) is 0.769. The molecule has 2 aliphatic rings. The molecule has 2 aromatic carbocycles. The Kier molecular flexibility index (Phi) is 5.84. The second-order valence-electron chi connectivity index (χ2n) is 8.30. The van der Waals surface area contributed by atoms with Crippen molar-refractivity contribution in [2.24, 2.45) is 5.92 Å². The van der Waals surface area contributed by atoms with Gasteiger partial charge in [0, 0.05) is 30.9 Å². The van der Waals surface area contributed by atoms with E-state index in [4.69, 9.17) is 0 Å². The summed E-state index contributed by atoms with van der Waals surface area (Å²) in [5, 5.41) is 5.53. The molecular weight excluding hydrogens is 378 g/mol. The maximum atomic E-state index is 12.6. The van der Waals surface area contributed by atoms with E-state index in [0.717, 1.165) is 30.5 Å². The number of amides is 3. The lowest BCUT2D eigenvalue weighted by Crippen LogP contribution is -2.44. The van der Waals surface area contributed by atoms with Crippen LogP contribution >= 0.6 is 0 Å². The first-order chi connectivity index (χ1) is 14.5. The first-order valence-corrected chi connectivity index (χ1v) is 10.6. The van der Waals surface area contributed by atoms with E-state index in [2.05, 4.69) is 41.8 Å². The molecule has 2 aliphatic heterocycles. The zero-order valence-electron chi connectivity index (χ0n) is 17.2. The monoisotopic (exact) mass is 405 g/mol. The molecule has 0 aromatic heterocycles. The summed E-state index contributed by atoms with van der Waals surface area (Å²) in [6.07, 6.45) is 3.89. The minimum atomic E-state index is -0.605. The lowest BCUT2D eigenvalue weighted by molar-refractivity contribution is -0.144. The van der Waals surface area contributed by atoms with Gasteiger partial charge in [0.25, 0.3) is 0 Å². The second kappa shape index (κ2) is 8.69. The zero-order chi connectivity index (χ0) is 21.1. The van der Waals surface area contributed by atoms with Crippen LogP contribution in [0.1, 0.15) is 36.0 Å². The highest BCUT2D eigenvalue weighted by Gasteiger charge is 2.27. The number of carbonyl (C=O) groups excluding carboxylic acids is 3. The van der Waals surface area contributed by atoms with Gasteiger partial charge in [-0.15, -0.1) is 0 Å². The molecule has 0 saturated carbocycles. The highest BCUT2D eigenvalue weighted by molar-refractivity contribution is 6.39. The summed E-state index contributed by atoms with van der Waals surface area (Å²) in [5.74, 6) is -0.544. The number of anilines is 2. The molecule has 1 saturated heterocycles. The summed E-state index contributed by atoms with van der Waals surface area (Å²) in [4.78, 5) is 38.2. The smallest absolute Gasteiger partial charge is 0.313 e. The van der Waals surface area contributed by atoms with E-state index in [-0.39, 0.29) is 5.91 Å². The van der Waals surface area contributed by atoms with Crippen molar-refractivity contribution in [3.05, 3.63) is 59.2 Å². The Morgan fingerprint density at radius 3 is 2.53 bits per heavy atom. The number of hydrogen-bond acceptors (Lipinski definition) is 3. The normalized spacial score (nSPS) is 16.6. The molecule has 0 aliphatic carbocycles. The van der Waals surface area contributed by atoms with E-state index in [9.17, 15) is 14.4 Å². The first-order valence-electron chi connectivity index (χ1n) is 10.6. The Labute approximate surface area is 176 Å². The number of fused-ring (bicyclic) bond motifs is 1. The van der Waals surface area contributed by atoms with Crippen molar-refractivity contribution in [1.29, 1.82) is 0 Å².